The molecular weight excluding hydrogens is 450 g/mol. The zero-order valence-electron chi connectivity index (χ0n) is 9.34. The van der Waals surface area contributed by atoms with E-state index in [9.17, 15) is 19.8 Å². The van der Waals surface area contributed by atoms with Crippen molar-refractivity contribution in [3.05, 3.63) is 10.1 Å². The van der Waals surface area contributed by atoms with Gasteiger partial charge in [-0.2, -0.15) is 0 Å². The average Bonchev–Trinajstić information content (AvgIpc) is 2.48. The molecule has 4 nitrogen and oxygen atoms in total. The smallest absolute Gasteiger partial charge is 0.481 e. The van der Waals surface area contributed by atoms with Crippen LogP contribution in [0.25, 0.3) is 0 Å². The van der Waals surface area contributed by atoms with Gasteiger partial charge >= 0.3 is 31.4 Å². The molecule has 4 atom stereocenters. The zero-order chi connectivity index (χ0) is 15.0. The van der Waals surface area contributed by atoms with Crippen LogP contribution >= 0.6 is 69.6 Å². The molecule has 1 saturated carbocycles. The summed E-state index contributed by atoms with van der Waals surface area (Å²) in [5.74, 6) is -6.49. The van der Waals surface area contributed by atoms with Crippen molar-refractivity contribution in [3.8, 4) is 0 Å². The van der Waals surface area contributed by atoms with Crippen LogP contribution in [-0.2, 0) is 29.1 Å². The van der Waals surface area contributed by atoms with Gasteiger partial charge in [-0.15, -0.1) is 23.2 Å². The number of hydrogen-bond donors (Lipinski definition) is 2. The molecule has 2 aliphatic rings. The fourth-order valence-electron chi connectivity index (χ4n) is 2.61. The predicted octanol–water partition coefficient (Wildman–Crippen LogP) is 3.23. The number of hydrogen-bond acceptors (Lipinski definition) is 2. The molecule has 2 aliphatic carbocycles. The van der Waals surface area contributed by atoms with E-state index in [-0.39, 0.29) is 29.5 Å². The van der Waals surface area contributed by atoms with Crippen molar-refractivity contribution in [1.29, 1.82) is 0 Å². The number of fused-ring (bicyclic) bond motifs is 2. The van der Waals surface area contributed by atoms with Gasteiger partial charge in [0.25, 0.3) is 0 Å². The Kier molecular flexibility index (Phi) is 5.06. The molecule has 0 spiro atoms. The van der Waals surface area contributed by atoms with Gasteiger partial charge in [0.1, 0.15) is 9.75 Å². The summed E-state index contributed by atoms with van der Waals surface area (Å²) in [5, 5.41) is 17.8. The van der Waals surface area contributed by atoms with E-state index in [0.717, 1.165) is 0 Å². The van der Waals surface area contributed by atoms with Crippen molar-refractivity contribution in [1.82, 2.24) is 0 Å². The fraction of sp³-hybridized carbons (Fsp3) is 0.556. The van der Waals surface area contributed by atoms with Gasteiger partial charge in [0.05, 0.1) is 21.9 Å². The summed E-state index contributed by atoms with van der Waals surface area (Å²) in [6.45, 7) is 0. The molecule has 11 heteroatoms. The van der Waals surface area contributed by atoms with Crippen molar-refractivity contribution in [3.63, 3.8) is 0 Å². The number of allylic oxidation sites excluding steroid dienone is 2. The number of aliphatic carboxylic acids is 2. The summed E-state index contributed by atoms with van der Waals surface area (Å²) < 4.78 is -2.18. The molecule has 4 unspecified atom stereocenters. The van der Waals surface area contributed by atoms with Gasteiger partial charge < -0.3 is 10.2 Å². The maximum absolute atomic E-state index is 11.3. The van der Waals surface area contributed by atoms with E-state index in [2.05, 4.69) is 0 Å². The second kappa shape index (κ2) is 5.30. The molecule has 0 aliphatic heterocycles. The summed E-state index contributed by atoms with van der Waals surface area (Å²) >= 11 is 36.2. The minimum absolute atomic E-state index is 0. The van der Waals surface area contributed by atoms with Crippen LogP contribution in [0.4, 0.5) is 0 Å². The quantitative estimate of drug-likeness (QED) is 0.497. The van der Waals surface area contributed by atoms with E-state index >= 15 is 0 Å². The van der Waals surface area contributed by atoms with E-state index < -0.39 is 37.9 Å². The predicted molar refractivity (Wildman–Crippen MR) is 72.6 cm³/mol. The first-order chi connectivity index (χ1) is 8.45. The number of rotatable bonds is 2. The molecule has 0 heterocycles. The molecule has 0 radical (unpaired) electrons. The molecule has 0 aromatic carbocycles. The third-order valence-electron chi connectivity index (χ3n) is 3.47. The Balaban J connectivity index is 0.00000200. The van der Waals surface area contributed by atoms with E-state index in [1.54, 1.807) is 0 Å². The van der Waals surface area contributed by atoms with Crippen LogP contribution in [0.1, 0.15) is 0 Å². The van der Waals surface area contributed by atoms with Crippen LogP contribution in [-0.4, -0.2) is 36.2 Å². The SMILES string of the molecule is O=C(O)C1C(C(=O)O)C2(Cl)C(Cl)=C(Cl)C1(Cl)C2(Cl)Cl.[Zn+2]. The maximum atomic E-state index is 11.3. The summed E-state index contributed by atoms with van der Waals surface area (Å²) in [4.78, 5) is 18.5. The molecule has 2 bridgehead atoms. The molecule has 1 fully saturated rings. The van der Waals surface area contributed by atoms with Crippen molar-refractivity contribution < 1.29 is 39.3 Å². The Morgan fingerprint density at radius 3 is 1.30 bits per heavy atom. The van der Waals surface area contributed by atoms with E-state index in [1.807, 2.05) is 0 Å². The first-order valence-corrected chi connectivity index (χ1v) is 7.00. The average molecular weight is 454 g/mol. The monoisotopic (exact) mass is 450 g/mol. The first kappa shape index (κ1) is 19.1. The van der Waals surface area contributed by atoms with Gasteiger partial charge in [-0.05, 0) is 0 Å². The Hall–Kier alpha value is 1.04. The minimum Gasteiger partial charge on any atom is -0.481 e. The van der Waals surface area contributed by atoms with Crippen molar-refractivity contribution in [2.75, 3.05) is 0 Å². The van der Waals surface area contributed by atoms with Crippen LogP contribution in [0, 0.1) is 11.8 Å². The summed E-state index contributed by atoms with van der Waals surface area (Å²) in [6, 6.07) is 0. The Labute approximate surface area is 156 Å². The molecule has 2 N–H and O–H groups in total. The van der Waals surface area contributed by atoms with Crippen molar-refractivity contribution >= 4 is 81.5 Å². The first-order valence-electron chi connectivity index (χ1n) is 4.73. The Bertz CT molecular complexity index is 493. The zero-order valence-corrected chi connectivity index (χ0v) is 16.8. The summed E-state index contributed by atoms with van der Waals surface area (Å²) in [6.07, 6.45) is 0. The van der Waals surface area contributed by atoms with Crippen LogP contribution in [0.5, 0.6) is 0 Å². The van der Waals surface area contributed by atoms with Gasteiger partial charge in [-0.25, -0.2) is 0 Å². The normalized spacial score (nSPS) is 41.5. The van der Waals surface area contributed by atoms with Gasteiger partial charge in [-0.1, -0.05) is 46.4 Å². The number of carbonyl (C=O) groups is 2. The van der Waals surface area contributed by atoms with Crippen molar-refractivity contribution in [2.24, 2.45) is 11.8 Å². The number of carboxylic acids is 2. The van der Waals surface area contributed by atoms with Gasteiger partial charge in [0.15, 0.2) is 4.33 Å². The largest absolute Gasteiger partial charge is 2.00 e. The second-order valence-corrected chi connectivity index (χ2v) is 7.53. The summed E-state index contributed by atoms with van der Waals surface area (Å²) in [7, 11) is 0. The van der Waals surface area contributed by atoms with Crippen molar-refractivity contribution in [2.45, 2.75) is 14.1 Å². The topological polar surface area (TPSA) is 74.6 Å². The molecule has 0 saturated heterocycles. The second-order valence-electron chi connectivity index (χ2n) is 4.26. The van der Waals surface area contributed by atoms with Crippen LogP contribution < -0.4 is 0 Å². The molecular formula is C9H4Cl6O4Zn+2. The third-order valence-corrected chi connectivity index (χ3v) is 7.73. The van der Waals surface area contributed by atoms with Gasteiger partial charge in [-0.3, -0.25) is 9.59 Å². The van der Waals surface area contributed by atoms with Crippen LogP contribution in [0.3, 0.4) is 0 Å². The van der Waals surface area contributed by atoms with E-state index in [1.165, 1.54) is 0 Å². The molecule has 0 aromatic heterocycles. The van der Waals surface area contributed by atoms with Gasteiger partial charge in [0.2, 0.25) is 0 Å². The molecule has 20 heavy (non-hydrogen) atoms. The Morgan fingerprint density at radius 1 is 0.850 bits per heavy atom. The fourth-order valence-corrected chi connectivity index (χ4v) is 5.54. The number of halogens is 6. The summed E-state index contributed by atoms with van der Waals surface area (Å²) in [5.41, 5.74) is 0. The Morgan fingerprint density at radius 2 is 1.10 bits per heavy atom. The maximum Gasteiger partial charge on any atom is 2.00 e. The van der Waals surface area contributed by atoms with E-state index in [4.69, 9.17) is 69.6 Å². The number of carboxylic acid groups (broad SMARTS) is 2. The van der Waals surface area contributed by atoms with Crippen LogP contribution in [0.15, 0.2) is 10.1 Å². The molecule has 0 amide bonds. The molecule has 0 aromatic rings. The molecule has 2 rings (SSSR count). The van der Waals surface area contributed by atoms with Crippen LogP contribution in [0.2, 0.25) is 0 Å². The third kappa shape index (κ3) is 1.78. The number of alkyl halides is 4. The molecule has 106 valence electrons. The van der Waals surface area contributed by atoms with Gasteiger partial charge in [0, 0.05) is 0 Å². The van der Waals surface area contributed by atoms with E-state index in [0.29, 0.717) is 0 Å². The standard InChI is InChI=1S/C9H4Cl6O4.Zn/c10-3-4(11)8(13)2(6(18)19)1(5(16)17)7(3,12)9(8,14)15;/h1-2H,(H,16,17)(H,18,19);/q;+2. The minimum atomic E-state index is -2.18.